The Kier molecular flexibility index (Phi) is 4.95. The number of ether oxygens (including phenoxy) is 1. The summed E-state index contributed by atoms with van der Waals surface area (Å²) < 4.78 is 5.85. The summed E-state index contributed by atoms with van der Waals surface area (Å²) >= 11 is 0. The van der Waals surface area contributed by atoms with Crippen LogP contribution in [-0.2, 0) is 9.53 Å². The molecule has 0 fully saturated rings. The highest BCUT2D eigenvalue weighted by Gasteiger charge is 2.09. The molecular weight excluding hydrogens is 168 g/mol. The molecule has 78 valence electrons. The number of carbonyl (C=O) groups is 1. The van der Waals surface area contributed by atoms with Crippen molar-refractivity contribution in [2.75, 3.05) is 54.9 Å². The van der Waals surface area contributed by atoms with Crippen LogP contribution in [0.3, 0.4) is 0 Å². The van der Waals surface area contributed by atoms with Crippen LogP contribution >= 0.6 is 0 Å². The number of esters is 1. The number of hydrogen-bond acceptors (Lipinski definition) is 3. The highest BCUT2D eigenvalue weighted by atomic mass is 16.5. The molecule has 0 unspecified atom stereocenters. The maximum absolute atomic E-state index is 11.1. The zero-order valence-corrected chi connectivity index (χ0v) is 9.33. The largest absolute Gasteiger partial charge is 0.459 e. The van der Waals surface area contributed by atoms with Crippen molar-refractivity contribution < 1.29 is 14.0 Å². The summed E-state index contributed by atoms with van der Waals surface area (Å²) in [5, 5.41) is 0. The molecule has 0 heterocycles. The fraction of sp³-hybridized carbons (Fsp3) is 0.889. The van der Waals surface area contributed by atoms with Crippen molar-refractivity contribution in [3.8, 4) is 0 Å². The van der Waals surface area contributed by atoms with E-state index in [4.69, 9.17) is 4.74 Å². The summed E-state index contributed by atoms with van der Waals surface area (Å²) in [6.07, 6.45) is 0. The van der Waals surface area contributed by atoms with E-state index >= 15 is 0 Å². The molecular formula is C9H21N2O2+. The Morgan fingerprint density at radius 1 is 1.31 bits per heavy atom. The number of hydrogen-bond donors (Lipinski definition) is 0. The van der Waals surface area contributed by atoms with Crippen molar-refractivity contribution in [2.45, 2.75) is 0 Å². The molecule has 0 bridgehead atoms. The highest BCUT2D eigenvalue weighted by Crippen LogP contribution is 1.90. The molecule has 0 radical (unpaired) electrons. The van der Waals surface area contributed by atoms with Crippen molar-refractivity contribution >= 4 is 5.97 Å². The molecule has 13 heavy (non-hydrogen) atoms. The van der Waals surface area contributed by atoms with E-state index in [1.54, 1.807) is 4.90 Å². The van der Waals surface area contributed by atoms with Gasteiger partial charge in [-0.15, -0.1) is 0 Å². The zero-order chi connectivity index (χ0) is 10.5. The molecule has 0 N–H and O–H groups in total. The average molecular weight is 189 g/mol. The third-order valence-corrected chi connectivity index (χ3v) is 1.47. The SMILES string of the molecule is CN(C)CC(=O)OCC[N+](C)(C)C. The minimum Gasteiger partial charge on any atom is -0.459 e. The van der Waals surface area contributed by atoms with Crippen LogP contribution in [0.25, 0.3) is 0 Å². The van der Waals surface area contributed by atoms with Gasteiger partial charge in [0.05, 0.1) is 27.7 Å². The molecule has 0 aromatic rings. The molecule has 0 aliphatic carbocycles. The standard InChI is InChI=1S/C9H21N2O2/c1-10(2)8-9(12)13-7-6-11(3,4)5/h6-8H2,1-5H3/q+1. The first-order valence-corrected chi connectivity index (χ1v) is 4.42. The Morgan fingerprint density at radius 3 is 2.23 bits per heavy atom. The number of quaternary nitrogens is 1. The Hall–Kier alpha value is -0.610. The predicted molar refractivity (Wildman–Crippen MR) is 52.4 cm³/mol. The first kappa shape index (κ1) is 12.4. The van der Waals surface area contributed by atoms with E-state index in [0.29, 0.717) is 13.2 Å². The Bertz CT molecular complexity index is 161. The molecule has 4 nitrogen and oxygen atoms in total. The van der Waals surface area contributed by atoms with E-state index in [1.807, 2.05) is 14.1 Å². The van der Waals surface area contributed by atoms with Crippen LogP contribution in [0.2, 0.25) is 0 Å². The second-order valence-electron chi connectivity index (χ2n) is 4.47. The quantitative estimate of drug-likeness (QED) is 0.443. The van der Waals surface area contributed by atoms with E-state index in [2.05, 4.69) is 21.1 Å². The van der Waals surface area contributed by atoms with Crippen LogP contribution in [0.1, 0.15) is 0 Å². The monoisotopic (exact) mass is 189 g/mol. The van der Waals surface area contributed by atoms with Gasteiger partial charge in [0.25, 0.3) is 0 Å². The van der Waals surface area contributed by atoms with Crippen molar-refractivity contribution in [3.05, 3.63) is 0 Å². The van der Waals surface area contributed by atoms with E-state index in [1.165, 1.54) is 0 Å². The number of carbonyl (C=O) groups excluding carboxylic acids is 1. The van der Waals surface area contributed by atoms with Gasteiger partial charge in [0.1, 0.15) is 13.2 Å². The minimum absolute atomic E-state index is 0.154. The fourth-order valence-corrected chi connectivity index (χ4v) is 0.737. The van der Waals surface area contributed by atoms with Crippen molar-refractivity contribution in [3.63, 3.8) is 0 Å². The maximum atomic E-state index is 11.1. The van der Waals surface area contributed by atoms with E-state index in [0.717, 1.165) is 11.0 Å². The van der Waals surface area contributed by atoms with Gasteiger partial charge in [0, 0.05) is 0 Å². The maximum Gasteiger partial charge on any atom is 0.320 e. The Balaban J connectivity index is 3.49. The van der Waals surface area contributed by atoms with Gasteiger partial charge in [-0.05, 0) is 14.1 Å². The summed E-state index contributed by atoms with van der Waals surface area (Å²) in [4.78, 5) is 12.9. The number of rotatable bonds is 5. The van der Waals surface area contributed by atoms with Gasteiger partial charge in [-0.1, -0.05) is 0 Å². The molecule has 0 aliphatic rings. The van der Waals surface area contributed by atoms with Crippen molar-refractivity contribution in [1.29, 1.82) is 0 Å². The van der Waals surface area contributed by atoms with Gasteiger partial charge in [0.2, 0.25) is 0 Å². The number of likely N-dealkylation sites (N-methyl/N-ethyl adjacent to an activating group) is 2. The minimum atomic E-state index is -0.154. The number of nitrogens with zero attached hydrogens (tertiary/aromatic N) is 2. The molecule has 0 aromatic carbocycles. The van der Waals surface area contributed by atoms with Gasteiger partial charge < -0.3 is 9.22 Å². The van der Waals surface area contributed by atoms with E-state index in [9.17, 15) is 4.79 Å². The predicted octanol–water partition coefficient (Wildman–Crippen LogP) is -0.203. The highest BCUT2D eigenvalue weighted by molar-refractivity contribution is 5.71. The second kappa shape index (κ2) is 5.19. The fourth-order valence-electron chi connectivity index (χ4n) is 0.737. The van der Waals surface area contributed by atoms with Gasteiger partial charge in [-0.3, -0.25) is 9.69 Å². The molecule has 0 aromatic heterocycles. The molecule has 4 heteroatoms. The topological polar surface area (TPSA) is 29.5 Å². The molecule has 0 aliphatic heterocycles. The molecule has 0 spiro atoms. The first-order valence-electron chi connectivity index (χ1n) is 4.42. The summed E-state index contributed by atoms with van der Waals surface area (Å²) in [6, 6.07) is 0. The van der Waals surface area contributed by atoms with Crippen molar-refractivity contribution in [2.24, 2.45) is 0 Å². The van der Waals surface area contributed by atoms with Gasteiger partial charge in [-0.25, -0.2) is 0 Å². The summed E-state index contributed by atoms with van der Waals surface area (Å²) in [7, 11) is 9.90. The van der Waals surface area contributed by atoms with Crippen molar-refractivity contribution in [1.82, 2.24) is 4.90 Å². The Morgan fingerprint density at radius 2 is 1.85 bits per heavy atom. The van der Waals surface area contributed by atoms with Crippen LogP contribution in [0, 0.1) is 0 Å². The zero-order valence-electron chi connectivity index (χ0n) is 9.33. The van der Waals surface area contributed by atoms with Gasteiger partial charge in [-0.2, -0.15) is 0 Å². The van der Waals surface area contributed by atoms with Crippen LogP contribution < -0.4 is 0 Å². The molecule has 0 atom stereocenters. The average Bonchev–Trinajstić information content (AvgIpc) is 1.81. The summed E-state index contributed by atoms with van der Waals surface area (Å²) in [6.45, 7) is 1.70. The molecule has 0 saturated carbocycles. The third-order valence-electron chi connectivity index (χ3n) is 1.47. The van der Waals surface area contributed by atoms with Crippen LogP contribution in [0.15, 0.2) is 0 Å². The lowest BCUT2D eigenvalue weighted by Crippen LogP contribution is -2.38. The van der Waals surface area contributed by atoms with Gasteiger partial charge >= 0.3 is 5.97 Å². The molecule has 0 saturated heterocycles. The van der Waals surface area contributed by atoms with E-state index in [-0.39, 0.29) is 5.97 Å². The van der Waals surface area contributed by atoms with Gasteiger partial charge in [0.15, 0.2) is 0 Å². The second-order valence-corrected chi connectivity index (χ2v) is 4.47. The third kappa shape index (κ3) is 9.30. The Labute approximate surface area is 80.7 Å². The lowest BCUT2D eigenvalue weighted by atomic mass is 10.5. The first-order chi connectivity index (χ1) is 5.81. The lowest BCUT2D eigenvalue weighted by Gasteiger charge is -2.23. The normalized spacial score (nSPS) is 11.8. The van der Waals surface area contributed by atoms with Crippen LogP contribution in [0.4, 0.5) is 0 Å². The van der Waals surface area contributed by atoms with Crippen LogP contribution in [0.5, 0.6) is 0 Å². The molecule has 0 rings (SSSR count). The van der Waals surface area contributed by atoms with Crippen LogP contribution in [-0.4, -0.2) is 70.3 Å². The van der Waals surface area contributed by atoms with E-state index < -0.39 is 0 Å². The smallest absolute Gasteiger partial charge is 0.320 e. The lowest BCUT2D eigenvalue weighted by molar-refractivity contribution is -0.870. The summed E-state index contributed by atoms with van der Waals surface area (Å²) in [5.41, 5.74) is 0. The molecule has 0 amide bonds. The summed E-state index contributed by atoms with van der Waals surface area (Å²) in [5.74, 6) is -0.154.